The number of nitrogens with one attached hydrogen (secondary N) is 1. The summed E-state index contributed by atoms with van der Waals surface area (Å²) in [6.07, 6.45) is 3.13. The van der Waals surface area contributed by atoms with Crippen LogP contribution in [0.4, 0.5) is 5.82 Å². The molecule has 1 heterocycles. The van der Waals surface area contributed by atoms with Crippen molar-refractivity contribution in [3.63, 3.8) is 0 Å². The van der Waals surface area contributed by atoms with Gasteiger partial charge in [-0.25, -0.2) is 0 Å². The molecule has 5 heteroatoms. The fourth-order valence-electron chi connectivity index (χ4n) is 0.569. The zero-order valence-corrected chi connectivity index (χ0v) is 6.23. The van der Waals surface area contributed by atoms with E-state index in [9.17, 15) is 4.79 Å². The molecule has 0 radical (unpaired) electrons. The molecule has 1 aromatic rings. The van der Waals surface area contributed by atoms with E-state index in [1.165, 1.54) is 6.20 Å². The van der Waals surface area contributed by atoms with Crippen LogP contribution < -0.4 is 5.73 Å². The minimum Gasteiger partial charge on any atom is -0.383 e. The first kappa shape index (κ1) is 7.14. The van der Waals surface area contributed by atoms with Gasteiger partial charge in [-0.15, -0.1) is 0 Å². The maximum Gasteiger partial charge on any atom is 0.224 e. The zero-order valence-electron chi connectivity index (χ0n) is 5.42. The van der Waals surface area contributed by atoms with Crippen LogP contribution in [0.1, 0.15) is 10.4 Å². The first-order valence-corrected chi connectivity index (χ1v) is 3.85. The summed E-state index contributed by atoms with van der Waals surface area (Å²) in [5.41, 5.74) is 5.82. The minimum absolute atomic E-state index is 0.0637. The molecule has 0 fully saturated rings. The van der Waals surface area contributed by atoms with Crippen LogP contribution >= 0.6 is 11.8 Å². The molecular formula is C5H7N3OS. The number of thioether (sulfide) groups is 1. The van der Waals surface area contributed by atoms with Crippen molar-refractivity contribution in [3.8, 4) is 0 Å². The van der Waals surface area contributed by atoms with Gasteiger partial charge in [0.15, 0.2) is 0 Å². The lowest BCUT2D eigenvalue weighted by Crippen LogP contribution is -1.95. The molecule has 0 saturated heterocycles. The number of nitrogens with two attached hydrogens (primary N) is 1. The predicted octanol–water partition coefficient (Wildman–Crippen LogP) is 0.495. The SMILES string of the molecule is CSC(=O)c1cn[nH]c1N. The molecule has 54 valence electrons. The van der Waals surface area contributed by atoms with Crippen LogP contribution in [0.5, 0.6) is 0 Å². The third-order valence-corrected chi connectivity index (χ3v) is 1.66. The van der Waals surface area contributed by atoms with E-state index in [-0.39, 0.29) is 5.12 Å². The molecule has 3 N–H and O–H groups in total. The van der Waals surface area contributed by atoms with Gasteiger partial charge in [0.25, 0.3) is 0 Å². The molecule has 0 saturated carbocycles. The van der Waals surface area contributed by atoms with Crippen LogP contribution in [0.2, 0.25) is 0 Å². The van der Waals surface area contributed by atoms with Crippen LogP contribution in [0.3, 0.4) is 0 Å². The number of carbonyl (C=O) groups excluding carboxylic acids is 1. The van der Waals surface area contributed by atoms with Gasteiger partial charge in [0.1, 0.15) is 5.82 Å². The number of nitrogens with zero attached hydrogens (tertiary/aromatic N) is 1. The average Bonchev–Trinajstić information content (AvgIpc) is 2.34. The lowest BCUT2D eigenvalue weighted by Gasteiger charge is -1.90. The quantitative estimate of drug-likeness (QED) is 0.622. The summed E-state index contributed by atoms with van der Waals surface area (Å²) in [6, 6.07) is 0. The van der Waals surface area contributed by atoms with Gasteiger partial charge < -0.3 is 5.73 Å². The van der Waals surface area contributed by atoms with Crippen LogP contribution in [0, 0.1) is 0 Å². The standard InChI is InChI=1S/C5H7N3OS/c1-10-5(9)3-2-7-8-4(3)6/h2H,1H3,(H3,6,7,8). The highest BCUT2D eigenvalue weighted by Crippen LogP contribution is 2.12. The van der Waals surface area contributed by atoms with E-state index in [4.69, 9.17) is 5.73 Å². The first-order chi connectivity index (χ1) is 4.75. The highest BCUT2D eigenvalue weighted by Gasteiger charge is 2.08. The predicted molar refractivity (Wildman–Crippen MR) is 40.8 cm³/mol. The number of hydrogen-bond acceptors (Lipinski definition) is 4. The molecular weight excluding hydrogens is 150 g/mol. The van der Waals surface area contributed by atoms with Crippen LogP contribution in [-0.2, 0) is 0 Å². The van der Waals surface area contributed by atoms with Crippen molar-refractivity contribution in [2.45, 2.75) is 0 Å². The lowest BCUT2D eigenvalue weighted by molar-refractivity contribution is 0.109. The third kappa shape index (κ3) is 1.13. The summed E-state index contributed by atoms with van der Waals surface area (Å²) in [7, 11) is 0. The second-order valence-electron chi connectivity index (χ2n) is 1.69. The summed E-state index contributed by atoms with van der Waals surface area (Å²) in [5.74, 6) is 0.333. The topological polar surface area (TPSA) is 71.8 Å². The van der Waals surface area contributed by atoms with E-state index in [0.29, 0.717) is 11.4 Å². The van der Waals surface area contributed by atoms with Crippen molar-refractivity contribution in [1.29, 1.82) is 0 Å². The fourth-order valence-corrected chi connectivity index (χ4v) is 0.951. The van der Waals surface area contributed by atoms with E-state index in [0.717, 1.165) is 11.8 Å². The molecule has 0 atom stereocenters. The molecule has 1 aromatic heterocycles. The molecule has 0 aromatic carbocycles. The number of nitrogen functional groups attached to an aromatic ring is 1. The monoisotopic (exact) mass is 157 g/mol. The Morgan fingerprint density at radius 1 is 1.90 bits per heavy atom. The van der Waals surface area contributed by atoms with Gasteiger partial charge >= 0.3 is 0 Å². The molecule has 0 amide bonds. The first-order valence-electron chi connectivity index (χ1n) is 2.63. The Morgan fingerprint density at radius 3 is 3.00 bits per heavy atom. The van der Waals surface area contributed by atoms with E-state index in [1.807, 2.05) is 0 Å². The smallest absolute Gasteiger partial charge is 0.224 e. The minimum atomic E-state index is -0.0637. The molecule has 0 aliphatic heterocycles. The largest absolute Gasteiger partial charge is 0.383 e. The van der Waals surface area contributed by atoms with Crippen LogP contribution in [0.25, 0.3) is 0 Å². The summed E-state index contributed by atoms with van der Waals surface area (Å²) in [6.45, 7) is 0. The number of carbonyl (C=O) groups is 1. The Kier molecular flexibility index (Phi) is 1.96. The number of H-pyrrole nitrogens is 1. The fraction of sp³-hybridized carbons (Fsp3) is 0.200. The summed E-state index contributed by atoms with van der Waals surface area (Å²) >= 11 is 1.12. The van der Waals surface area contributed by atoms with Gasteiger partial charge in [0.05, 0.1) is 11.8 Å². The second kappa shape index (κ2) is 2.74. The molecule has 0 spiro atoms. The van der Waals surface area contributed by atoms with Crippen molar-refractivity contribution in [3.05, 3.63) is 11.8 Å². The number of aromatic amines is 1. The van der Waals surface area contributed by atoms with E-state index in [1.54, 1.807) is 6.26 Å². The van der Waals surface area contributed by atoms with Gasteiger partial charge in [0, 0.05) is 0 Å². The van der Waals surface area contributed by atoms with Crippen LogP contribution in [0.15, 0.2) is 6.20 Å². The van der Waals surface area contributed by atoms with E-state index in [2.05, 4.69) is 10.2 Å². The van der Waals surface area contributed by atoms with Crippen molar-refractivity contribution < 1.29 is 4.79 Å². The maximum absolute atomic E-state index is 10.9. The second-order valence-corrected chi connectivity index (χ2v) is 2.47. The van der Waals surface area contributed by atoms with E-state index >= 15 is 0 Å². The molecule has 1 rings (SSSR count). The van der Waals surface area contributed by atoms with Gasteiger partial charge in [-0.1, -0.05) is 11.8 Å². The number of anilines is 1. The van der Waals surface area contributed by atoms with Crippen LogP contribution in [-0.4, -0.2) is 21.6 Å². The summed E-state index contributed by atoms with van der Waals surface area (Å²) in [4.78, 5) is 10.9. The Labute approximate surface area is 62.2 Å². The summed E-state index contributed by atoms with van der Waals surface area (Å²) < 4.78 is 0. The van der Waals surface area contributed by atoms with Crippen molar-refractivity contribution in [1.82, 2.24) is 10.2 Å². The third-order valence-electron chi connectivity index (χ3n) is 1.07. The Hall–Kier alpha value is -0.970. The van der Waals surface area contributed by atoms with Crippen molar-refractivity contribution >= 4 is 22.7 Å². The Bertz CT molecular complexity index is 245. The number of rotatable bonds is 1. The average molecular weight is 157 g/mol. The number of hydrogen-bond donors (Lipinski definition) is 2. The number of aromatic nitrogens is 2. The maximum atomic E-state index is 10.9. The Morgan fingerprint density at radius 2 is 2.60 bits per heavy atom. The van der Waals surface area contributed by atoms with Gasteiger partial charge in [0.2, 0.25) is 5.12 Å². The Balaban J connectivity index is 2.93. The lowest BCUT2D eigenvalue weighted by atomic mass is 10.4. The zero-order chi connectivity index (χ0) is 7.56. The molecule has 0 aliphatic carbocycles. The molecule has 0 unspecified atom stereocenters. The molecule has 0 aliphatic rings. The molecule has 10 heavy (non-hydrogen) atoms. The van der Waals surface area contributed by atoms with Crippen molar-refractivity contribution in [2.24, 2.45) is 0 Å². The van der Waals surface area contributed by atoms with Crippen molar-refractivity contribution in [2.75, 3.05) is 12.0 Å². The highest BCUT2D eigenvalue weighted by molar-refractivity contribution is 8.13. The van der Waals surface area contributed by atoms with Gasteiger partial charge in [-0.05, 0) is 6.26 Å². The molecule has 4 nitrogen and oxygen atoms in total. The van der Waals surface area contributed by atoms with Gasteiger partial charge in [-0.2, -0.15) is 5.10 Å². The summed E-state index contributed by atoms with van der Waals surface area (Å²) in [5, 5.41) is 6.02. The normalized spacial score (nSPS) is 9.70. The van der Waals surface area contributed by atoms with E-state index < -0.39 is 0 Å². The highest BCUT2D eigenvalue weighted by atomic mass is 32.2. The van der Waals surface area contributed by atoms with Gasteiger partial charge in [-0.3, -0.25) is 9.89 Å². The molecule has 0 bridgehead atoms.